The largest absolute Gasteiger partial charge is 0.387 e. The molecule has 0 aromatic carbocycles. The van der Waals surface area contributed by atoms with Gasteiger partial charge < -0.3 is 26.2 Å². The molecule has 5 heterocycles. The number of hydrogen-bond acceptors (Lipinski definition) is 12. The SMILES string of the molecule is Nc1ncnc2c1ncn2[C@@H]1O[C@H](COS(=O)(=O)NC(=O)CCCC[C@@H]2SC[C@@H]3NC(=O)N[C@@H]32)[C@@H](O)[C@@H]1F. The van der Waals surface area contributed by atoms with E-state index < -0.39 is 47.4 Å². The van der Waals surface area contributed by atoms with Crippen molar-refractivity contribution in [1.82, 2.24) is 34.9 Å². The number of aromatic nitrogens is 4. The summed E-state index contributed by atoms with van der Waals surface area (Å²) in [5, 5.41) is 16.2. The molecule has 7 atom stereocenters. The number of nitrogen functional groups attached to an aromatic ring is 1. The highest BCUT2D eigenvalue weighted by molar-refractivity contribution is 8.00. The van der Waals surface area contributed by atoms with Crippen LogP contribution in [0, 0.1) is 0 Å². The number of urea groups is 1. The van der Waals surface area contributed by atoms with E-state index in [9.17, 15) is 27.5 Å². The first-order valence-electron chi connectivity index (χ1n) is 11.9. The van der Waals surface area contributed by atoms with Crippen molar-refractivity contribution in [2.75, 3.05) is 18.1 Å². The van der Waals surface area contributed by atoms with Crippen molar-refractivity contribution in [3.63, 3.8) is 0 Å². The Morgan fingerprint density at radius 3 is 2.97 bits per heavy atom. The number of nitrogens with zero attached hydrogens (tertiary/aromatic N) is 4. The van der Waals surface area contributed by atoms with Gasteiger partial charge in [-0.15, -0.1) is 0 Å². The lowest BCUT2D eigenvalue weighted by Crippen LogP contribution is -2.37. The van der Waals surface area contributed by atoms with E-state index in [1.807, 2.05) is 4.72 Å². The first-order valence-corrected chi connectivity index (χ1v) is 14.4. The van der Waals surface area contributed by atoms with Crippen molar-refractivity contribution in [2.24, 2.45) is 0 Å². The molecule has 38 heavy (non-hydrogen) atoms. The molecule has 0 bridgehead atoms. The molecule has 3 amide bonds. The number of carbonyl (C=O) groups excluding carboxylic acids is 2. The molecule has 6 N–H and O–H groups in total. The Kier molecular flexibility index (Phi) is 7.58. The molecule has 18 heteroatoms. The lowest BCUT2D eigenvalue weighted by molar-refractivity contribution is -0.119. The third kappa shape index (κ3) is 5.49. The highest BCUT2D eigenvalue weighted by Crippen LogP contribution is 2.35. The summed E-state index contributed by atoms with van der Waals surface area (Å²) in [6.07, 6.45) is -2.14. The van der Waals surface area contributed by atoms with E-state index in [2.05, 4.69) is 25.6 Å². The molecular formula is C20H27FN8O7S2. The van der Waals surface area contributed by atoms with Crippen LogP contribution in [0.5, 0.6) is 0 Å². The zero-order valence-corrected chi connectivity index (χ0v) is 21.5. The Morgan fingerprint density at radius 1 is 1.34 bits per heavy atom. The van der Waals surface area contributed by atoms with Crippen LogP contribution in [-0.2, 0) is 24.0 Å². The van der Waals surface area contributed by atoms with Gasteiger partial charge in [-0.2, -0.15) is 20.2 Å². The summed E-state index contributed by atoms with van der Waals surface area (Å²) in [4.78, 5) is 35.4. The number of rotatable bonds is 10. The number of alkyl halides is 1. The van der Waals surface area contributed by atoms with Gasteiger partial charge in [0.2, 0.25) is 5.91 Å². The first kappa shape index (κ1) is 26.8. The Morgan fingerprint density at radius 2 is 2.16 bits per heavy atom. The normalized spacial score (nSPS) is 30.8. The molecule has 3 aliphatic heterocycles. The van der Waals surface area contributed by atoms with Crippen LogP contribution >= 0.6 is 11.8 Å². The zero-order chi connectivity index (χ0) is 27.0. The molecule has 2 aromatic rings. The number of amides is 3. The fraction of sp³-hybridized carbons (Fsp3) is 0.650. The lowest BCUT2D eigenvalue weighted by atomic mass is 10.0. The number of ether oxygens (including phenoxy) is 1. The van der Waals surface area contributed by atoms with Crippen LogP contribution in [0.2, 0.25) is 0 Å². The Bertz CT molecular complexity index is 1310. The molecular weight excluding hydrogens is 547 g/mol. The minimum Gasteiger partial charge on any atom is -0.387 e. The summed E-state index contributed by atoms with van der Waals surface area (Å²) in [7, 11) is -4.52. The second-order valence-corrected chi connectivity index (χ2v) is 11.8. The highest BCUT2D eigenvalue weighted by atomic mass is 32.2. The van der Waals surface area contributed by atoms with Crippen LogP contribution < -0.4 is 21.1 Å². The van der Waals surface area contributed by atoms with Crippen molar-refractivity contribution in [3.8, 4) is 0 Å². The van der Waals surface area contributed by atoms with Crippen molar-refractivity contribution in [2.45, 2.75) is 67.6 Å². The number of fused-ring (bicyclic) bond motifs is 2. The third-order valence-electron chi connectivity index (χ3n) is 6.66. The van der Waals surface area contributed by atoms with E-state index in [-0.39, 0.29) is 46.8 Å². The fourth-order valence-electron chi connectivity index (χ4n) is 4.77. The number of anilines is 1. The molecule has 0 unspecified atom stereocenters. The van der Waals surface area contributed by atoms with Gasteiger partial charge in [0.15, 0.2) is 23.9 Å². The number of unbranched alkanes of at least 4 members (excludes halogenated alkanes) is 1. The van der Waals surface area contributed by atoms with Crippen LogP contribution in [-0.4, -0.2) is 93.1 Å². The second kappa shape index (κ2) is 10.8. The van der Waals surface area contributed by atoms with Crippen LogP contribution in [0.3, 0.4) is 0 Å². The van der Waals surface area contributed by atoms with E-state index in [1.165, 1.54) is 17.2 Å². The molecule has 5 rings (SSSR count). The number of thioether (sulfide) groups is 1. The first-order chi connectivity index (χ1) is 18.1. The van der Waals surface area contributed by atoms with E-state index in [1.54, 1.807) is 11.8 Å². The summed E-state index contributed by atoms with van der Waals surface area (Å²) in [6, 6.07) is 0.00378. The Balaban J connectivity index is 1.07. The van der Waals surface area contributed by atoms with Crippen LogP contribution in [0.15, 0.2) is 12.7 Å². The predicted molar refractivity (Wildman–Crippen MR) is 132 cm³/mol. The van der Waals surface area contributed by atoms with E-state index in [0.29, 0.717) is 12.8 Å². The predicted octanol–water partition coefficient (Wildman–Crippen LogP) is -0.892. The van der Waals surface area contributed by atoms with Gasteiger partial charge in [0.25, 0.3) is 0 Å². The number of imidazole rings is 1. The molecule has 3 fully saturated rings. The minimum absolute atomic E-state index is 0.0471. The number of aliphatic hydroxyl groups excluding tert-OH is 1. The van der Waals surface area contributed by atoms with E-state index in [0.717, 1.165) is 12.2 Å². The maximum Gasteiger partial charge on any atom is 0.362 e. The van der Waals surface area contributed by atoms with Gasteiger partial charge in [0.1, 0.15) is 24.1 Å². The summed E-state index contributed by atoms with van der Waals surface area (Å²) in [5.41, 5.74) is 6.13. The van der Waals surface area contributed by atoms with Gasteiger partial charge in [0, 0.05) is 17.4 Å². The average Bonchev–Trinajstić information content (AvgIpc) is 3.61. The number of nitrogens with one attached hydrogen (secondary N) is 3. The maximum atomic E-state index is 14.8. The lowest BCUT2D eigenvalue weighted by Gasteiger charge is -2.16. The maximum absolute atomic E-state index is 14.8. The summed E-state index contributed by atoms with van der Waals surface area (Å²) < 4.78 is 52.6. The topological polar surface area (TPSA) is 213 Å². The molecule has 15 nitrogen and oxygen atoms in total. The summed E-state index contributed by atoms with van der Waals surface area (Å²) in [5.74, 6) is 0.152. The van der Waals surface area contributed by atoms with Gasteiger partial charge in [-0.25, -0.2) is 28.9 Å². The average molecular weight is 575 g/mol. The van der Waals surface area contributed by atoms with Gasteiger partial charge in [-0.3, -0.25) is 13.5 Å². The zero-order valence-electron chi connectivity index (χ0n) is 19.9. The Hall–Kier alpha value is -2.80. The van der Waals surface area contributed by atoms with E-state index in [4.69, 9.17) is 14.7 Å². The van der Waals surface area contributed by atoms with Gasteiger partial charge >= 0.3 is 16.3 Å². The van der Waals surface area contributed by atoms with Gasteiger partial charge in [-0.05, 0) is 12.8 Å². The monoisotopic (exact) mass is 574 g/mol. The molecule has 0 spiro atoms. The smallest absolute Gasteiger partial charge is 0.362 e. The summed E-state index contributed by atoms with van der Waals surface area (Å²) in [6.45, 7) is -0.730. The second-order valence-electron chi connectivity index (χ2n) is 9.21. The molecule has 0 radical (unpaired) electrons. The van der Waals surface area contributed by atoms with Crippen molar-refractivity contribution < 1.29 is 36.4 Å². The molecule has 2 aromatic heterocycles. The standard InChI is InChI=1S/C20H27FN8O7S2/c21-13-16(31)10(36-19(13)29-8-25-15-17(22)23-7-24-18(15)29)5-35-38(33,34)28-12(30)4-2-1-3-11-14-9(6-37-11)26-20(32)27-14/h7-11,13-14,16,19,31H,1-6H2,(H,28,30)(H2,22,23,24)(H2,26,27,32)/t9-,10+,11-,13-,14-,16+,19+/m0/s1. The van der Waals surface area contributed by atoms with Crippen molar-refractivity contribution >= 4 is 51.0 Å². The molecule has 3 aliphatic rings. The number of nitrogens with two attached hydrogens (primary N) is 1. The van der Waals surface area contributed by atoms with E-state index >= 15 is 0 Å². The molecule has 0 aliphatic carbocycles. The quantitative estimate of drug-likeness (QED) is 0.173. The minimum atomic E-state index is -4.52. The van der Waals surface area contributed by atoms with Crippen LogP contribution in [0.4, 0.5) is 15.0 Å². The highest BCUT2D eigenvalue weighted by Gasteiger charge is 2.46. The molecule has 0 saturated carbocycles. The van der Waals surface area contributed by atoms with Crippen LogP contribution in [0.1, 0.15) is 31.9 Å². The number of carbonyl (C=O) groups is 2. The third-order valence-corrected chi connectivity index (χ3v) is 9.09. The van der Waals surface area contributed by atoms with Crippen LogP contribution in [0.25, 0.3) is 11.2 Å². The molecule has 208 valence electrons. The number of hydrogen-bond donors (Lipinski definition) is 5. The number of aliphatic hydroxyl groups is 1. The molecule has 3 saturated heterocycles. The fourth-order valence-corrected chi connectivity index (χ4v) is 7.07. The van der Waals surface area contributed by atoms with Crippen molar-refractivity contribution in [3.05, 3.63) is 12.7 Å². The van der Waals surface area contributed by atoms with Gasteiger partial charge in [-0.1, -0.05) is 6.42 Å². The Labute approximate surface area is 220 Å². The summed E-state index contributed by atoms with van der Waals surface area (Å²) >= 11 is 1.75. The van der Waals surface area contributed by atoms with Crippen molar-refractivity contribution in [1.29, 1.82) is 0 Å². The number of halogens is 1. The van der Waals surface area contributed by atoms with Gasteiger partial charge in [0.05, 0.1) is 25.0 Å².